The van der Waals surface area contributed by atoms with Gasteiger partial charge >= 0.3 is 0 Å². The van der Waals surface area contributed by atoms with E-state index in [1.807, 2.05) is 13.8 Å². The molecule has 0 aromatic rings. The molecule has 1 saturated heterocycles. The molecular formula is C10H23N3O3S. The topological polar surface area (TPSA) is 81.7 Å². The summed E-state index contributed by atoms with van der Waals surface area (Å²) in [6, 6.07) is 0. The lowest BCUT2D eigenvalue weighted by Crippen LogP contribution is -2.58. The molecule has 0 amide bonds. The lowest BCUT2D eigenvalue weighted by Gasteiger charge is -2.34. The van der Waals surface area contributed by atoms with Crippen LogP contribution in [0.4, 0.5) is 0 Å². The number of nitrogens with zero attached hydrogens (tertiary/aromatic N) is 1. The van der Waals surface area contributed by atoms with Gasteiger partial charge in [-0.3, -0.25) is 0 Å². The van der Waals surface area contributed by atoms with Gasteiger partial charge in [0.1, 0.15) is 0 Å². The van der Waals surface area contributed by atoms with Crippen LogP contribution in [0, 0.1) is 0 Å². The number of nitrogens with one attached hydrogen (secondary N) is 2. The Bertz CT molecular complexity index is 313. The molecule has 0 radical (unpaired) electrons. The summed E-state index contributed by atoms with van der Waals surface area (Å²) in [5.41, 5.74) is -0.732. The van der Waals surface area contributed by atoms with Gasteiger partial charge in [0.2, 0.25) is 0 Å². The number of aliphatic hydroxyl groups is 1. The Balaban J connectivity index is 2.76. The summed E-state index contributed by atoms with van der Waals surface area (Å²) < 4.78 is 28.4. The summed E-state index contributed by atoms with van der Waals surface area (Å²) in [7, 11) is -3.49. The molecule has 0 aromatic heterocycles. The zero-order valence-corrected chi connectivity index (χ0v) is 11.4. The number of hydrogen-bond acceptors (Lipinski definition) is 4. The second kappa shape index (κ2) is 6.10. The predicted molar refractivity (Wildman–Crippen MR) is 66.9 cm³/mol. The molecule has 0 saturated carbocycles. The van der Waals surface area contributed by atoms with E-state index in [4.69, 9.17) is 0 Å². The van der Waals surface area contributed by atoms with Crippen molar-refractivity contribution < 1.29 is 13.5 Å². The maximum Gasteiger partial charge on any atom is 0.280 e. The second-order valence-corrected chi connectivity index (χ2v) is 6.07. The fourth-order valence-corrected chi connectivity index (χ4v) is 3.57. The van der Waals surface area contributed by atoms with E-state index in [-0.39, 0.29) is 6.61 Å². The molecule has 1 fully saturated rings. The SMILES string of the molecule is CCC(CC)(CO)NS(=O)(=O)N1CCNCC1. The molecular weight excluding hydrogens is 242 g/mol. The summed E-state index contributed by atoms with van der Waals surface area (Å²) >= 11 is 0. The molecule has 17 heavy (non-hydrogen) atoms. The van der Waals surface area contributed by atoms with Crippen LogP contribution in [0.15, 0.2) is 0 Å². The van der Waals surface area contributed by atoms with E-state index in [0.717, 1.165) is 0 Å². The van der Waals surface area contributed by atoms with Crippen LogP contribution in [-0.4, -0.2) is 56.2 Å². The van der Waals surface area contributed by atoms with Crippen LogP contribution in [0.2, 0.25) is 0 Å². The van der Waals surface area contributed by atoms with Crippen molar-refractivity contribution >= 4 is 10.2 Å². The molecule has 0 aromatic carbocycles. The molecule has 1 heterocycles. The van der Waals surface area contributed by atoms with Gasteiger partial charge in [-0.2, -0.15) is 17.4 Å². The monoisotopic (exact) mass is 265 g/mol. The maximum atomic E-state index is 12.2. The zero-order valence-electron chi connectivity index (χ0n) is 10.6. The Kier molecular flexibility index (Phi) is 5.33. The minimum atomic E-state index is -3.49. The molecule has 102 valence electrons. The number of rotatable bonds is 6. The number of hydrogen-bond donors (Lipinski definition) is 3. The Hall–Kier alpha value is -0.210. The van der Waals surface area contributed by atoms with Crippen LogP contribution in [0.3, 0.4) is 0 Å². The van der Waals surface area contributed by atoms with Gasteiger partial charge in [0.25, 0.3) is 10.2 Å². The third-order valence-electron chi connectivity index (χ3n) is 3.42. The van der Waals surface area contributed by atoms with Gasteiger partial charge in [-0.1, -0.05) is 13.8 Å². The van der Waals surface area contributed by atoms with E-state index in [2.05, 4.69) is 10.0 Å². The van der Waals surface area contributed by atoms with Crippen molar-refractivity contribution in [3.05, 3.63) is 0 Å². The van der Waals surface area contributed by atoms with Gasteiger partial charge in [-0.15, -0.1) is 0 Å². The zero-order chi connectivity index (χ0) is 12.9. The van der Waals surface area contributed by atoms with E-state index in [0.29, 0.717) is 39.0 Å². The van der Waals surface area contributed by atoms with Crippen molar-refractivity contribution in [2.45, 2.75) is 32.2 Å². The van der Waals surface area contributed by atoms with Crippen molar-refractivity contribution in [3.63, 3.8) is 0 Å². The quantitative estimate of drug-likeness (QED) is 0.592. The average Bonchev–Trinajstić information content (AvgIpc) is 2.37. The molecule has 0 aliphatic carbocycles. The molecule has 1 aliphatic rings. The van der Waals surface area contributed by atoms with Crippen molar-refractivity contribution in [3.8, 4) is 0 Å². The van der Waals surface area contributed by atoms with E-state index in [1.54, 1.807) is 0 Å². The molecule has 0 unspecified atom stereocenters. The normalized spacial score (nSPS) is 19.5. The van der Waals surface area contributed by atoms with Crippen LogP contribution in [0.25, 0.3) is 0 Å². The van der Waals surface area contributed by atoms with Crippen LogP contribution >= 0.6 is 0 Å². The molecule has 0 spiro atoms. The highest BCUT2D eigenvalue weighted by atomic mass is 32.2. The summed E-state index contributed by atoms with van der Waals surface area (Å²) in [5, 5.41) is 12.5. The van der Waals surface area contributed by atoms with E-state index < -0.39 is 15.7 Å². The van der Waals surface area contributed by atoms with Crippen molar-refractivity contribution in [2.75, 3.05) is 32.8 Å². The van der Waals surface area contributed by atoms with Gasteiger partial charge in [-0.25, -0.2) is 0 Å². The molecule has 1 aliphatic heterocycles. The van der Waals surface area contributed by atoms with Gasteiger partial charge in [0.05, 0.1) is 12.1 Å². The van der Waals surface area contributed by atoms with Crippen molar-refractivity contribution in [1.29, 1.82) is 0 Å². The molecule has 3 N–H and O–H groups in total. The lowest BCUT2D eigenvalue weighted by atomic mass is 9.96. The first kappa shape index (κ1) is 14.8. The third-order valence-corrected chi connectivity index (χ3v) is 5.15. The van der Waals surface area contributed by atoms with Gasteiger partial charge in [0, 0.05) is 26.2 Å². The summed E-state index contributed by atoms with van der Waals surface area (Å²) in [6.07, 6.45) is 1.15. The highest BCUT2D eigenvalue weighted by Gasteiger charge is 2.34. The first-order chi connectivity index (χ1) is 7.99. The molecule has 6 nitrogen and oxygen atoms in total. The summed E-state index contributed by atoms with van der Waals surface area (Å²) in [5.74, 6) is 0. The molecule has 1 rings (SSSR count). The Morgan fingerprint density at radius 2 is 1.82 bits per heavy atom. The van der Waals surface area contributed by atoms with E-state index >= 15 is 0 Å². The minimum Gasteiger partial charge on any atom is -0.394 e. The second-order valence-electron chi connectivity index (χ2n) is 4.40. The van der Waals surface area contributed by atoms with Crippen LogP contribution < -0.4 is 10.0 Å². The fraction of sp³-hybridized carbons (Fsp3) is 1.00. The standard InChI is InChI=1S/C10H23N3O3S/c1-3-10(4-2,9-14)12-17(15,16)13-7-5-11-6-8-13/h11-12,14H,3-9H2,1-2H3. The fourth-order valence-electron chi connectivity index (χ4n) is 1.87. The van der Waals surface area contributed by atoms with Crippen LogP contribution in [0.1, 0.15) is 26.7 Å². The van der Waals surface area contributed by atoms with Gasteiger partial charge in [0.15, 0.2) is 0 Å². The van der Waals surface area contributed by atoms with Crippen molar-refractivity contribution in [1.82, 2.24) is 14.3 Å². The third kappa shape index (κ3) is 3.62. The Morgan fingerprint density at radius 3 is 2.24 bits per heavy atom. The molecule has 0 bridgehead atoms. The highest BCUT2D eigenvalue weighted by molar-refractivity contribution is 7.87. The minimum absolute atomic E-state index is 0.175. The first-order valence-corrected chi connectivity index (χ1v) is 7.54. The van der Waals surface area contributed by atoms with Gasteiger partial charge < -0.3 is 10.4 Å². The smallest absolute Gasteiger partial charge is 0.280 e. The summed E-state index contributed by atoms with van der Waals surface area (Å²) in [6.45, 7) is 5.87. The highest BCUT2D eigenvalue weighted by Crippen LogP contribution is 2.17. The van der Waals surface area contributed by atoms with Crippen molar-refractivity contribution in [2.24, 2.45) is 0 Å². The lowest BCUT2D eigenvalue weighted by molar-refractivity contribution is 0.169. The Morgan fingerprint density at radius 1 is 1.29 bits per heavy atom. The van der Waals surface area contributed by atoms with E-state index in [9.17, 15) is 13.5 Å². The summed E-state index contributed by atoms with van der Waals surface area (Å²) in [4.78, 5) is 0. The number of aliphatic hydroxyl groups excluding tert-OH is 1. The molecule has 0 atom stereocenters. The first-order valence-electron chi connectivity index (χ1n) is 6.10. The Labute approximate surface area is 104 Å². The van der Waals surface area contributed by atoms with Crippen LogP contribution in [0.5, 0.6) is 0 Å². The average molecular weight is 265 g/mol. The van der Waals surface area contributed by atoms with Crippen LogP contribution in [-0.2, 0) is 10.2 Å². The van der Waals surface area contributed by atoms with E-state index in [1.165, 1.54) is 4.31 Å². The van der Waals surface area contributed by atoms with Gasteiger partial charge in [-0.05, 0) is 12.8 Å². The number of piperazine rings is 1. The predicted octanol–water partition coefficient (Wildman–Crippen LogP) is -0.723. The molecule has 7 heteroatoms. The maximum absolute atomic E-state index is 12.2. The largest absolute Gasteiger partial charge is 0.394 e.